The molecular formula is C15H20ClNS. The third-order valence-corrected chi connectivity index (χ3v) is 4.94. The van der Waals surface area contributed by atoms with E-state index in [0.717, 1.165) is 15.7 Å². The summed E-state index contributed by atoms with van der Waals surface area (Å²) < 4.78 is 0. The molecule has 3 heteroatoms. The molecule has 0 fully saturated rings. The first-order valence-electron chi connectivity index (χ1n) is 6.59. The molecule has 18 heavy (non-hydrogen) atoms. The van der Waals surface area contributed by atoms with Crippen molar-refractivity contribution in [2.24, 2.45) is 5.73 Å². The maximum Gasteiger partial charge on any atom is 0.0541 e. The Kier molecular flexibility index (Phi) is 5.61. The second kappa shape index (κ2) is 7.22. The molecule has 0 spiro atoms. The van der Waals surface area contributed by atoms with Crippen LogP contribution in [-0.2, 0) is 0 Å². The minimum Gasteiger partial charge on any atom is -0.324 e. The highest BCUT2D eigenvalue weighted by atomic mass is 35.5. The Balaban J connectivity index is 1.89. The normalized spacial score (nSPS) is 18.0. The summed E-state index contributed by atoms with van der Waals surface area (Å²) in [5.41, 5.74) is 7.72. The first-order chi connectivity index (χ1) is 8.77. The number of benzene rings is 1. The molecule has 1 aromatic rings. The summed E-state index contributed by atoms with van der Waals surface area (Å²) in [5, 5.41) is 0.824. The van der Waals surface area contributed by atoms with E-state index in [4.69, 9.17) is 17.3 Å². The van der Waals surface area contributed by atoms with E-state index in [1.165, 1.54) is 37.7 Å². The van der Waals surface area contributed by atoms with Crippen molar-refractivity contribution in [2.75, 3.05) is 5.75 Å². The predicted octanol–water partition coefficient (Wildman–Crippen LogP) is 4.65. The van der Waals surface area contributed by atoms with Gasteiger partial charge in [0.05, 0.1) is 5.02 Å². The van der Waals surface area contributed by atoms with Crippen LogP contribution >= 0.6 is 23.4 Å². The van der Waals surface area contributed by atoms with Gasteiger partial charge in [-0.05, 0) is 37.8 Å². The van der Waals surface area contributed by atoms with Gasteiger partial charge in [0.15, 0.2) is 0 Å². The molecule has 1 unspecified atom stereocenters. The van der Waals surface area contributed by atoms with Gasteiger partial charge in [0.2, 0.25) is 0 Å². The average molecular weight is 282 g/mol. The number of halogens is 1. The standard InChI is InChI=1S/C15H20ClNS/c16-13-9-5-6-10-15(13)18-11-14(17)12-7-3-1-2-4-8-12/h5-7,9-10,14H,1-4,8,11,17H2. The summed E-state index contributed by atoms with van der Waals surface area (Å²) in [4.78, 5) is 1.13. The van der Waals surface area contributed by atoms with Gasteiger partial charge in [0.1, 0.15) is 0 Å². The van der Waals surface area contributed by atoms with Gasteiger partial charge in [-0.1, -0.05) is 41.8 Å². The van der Waals surface area contributed by atoms with E-state index in [1.54, 1.807) is 11.8 Å². The summed E-state index contributed by atoms with van der Waals surface area (Å²) >= 11 is 7.90. The molecule has 1 nitrogen and oxygen atoms in total. The van der Waals surface area contributed by atoms with Gasteiger partial charge < -0.3 is 5.73 Å². The van der Waals surface area contributed by atoms with E-state index in [-0.39, 0.29) is 6.04 Å². The molecule has 0 aromatic heterocycles. The van der Waals surface area contributed by atoms with Gasteiger partial charge in [-0.3, -0.25) is 0 Å². The van der Waals surface area contributed by atoms with Crippen LogP contribution in [0.4, 0.5) is 0 Å². The van der Waals surface area contributed by atoms with Gasteiger partial charge in [0.25, 0.3) is 0 Å². The minimum absolute atomic E-state index is 0.171. The number of rotatable bonds is 4. The fourth-order valence-corrected chi connectivity index (χ4v) is 3.48. The molecule has 1 aromatic carbocycles. The van der Waals surface area contributed by atoms with Gasteiger partial charge in [-0.2, -0.15) is 0 Å². The molecule has 2 rings (SSSR count). The van der Waals surface area contributed by atoms with Crippen molar-refractivity contribution in [1.29, 1.82) is 0 Å². The lowest BCUT2D eigenvalue weighted by molar-refractivity contribution is 0.693. The van der Waals surface area contributed by atoms with Gasteiger partial charge >= 0.3 is 0 Å². The summed E-state index contributed by atoms with van der Waals surface area (Å²) in [6.45, 7) is 0. The molecule has 0 aliphatic heterocycles. The van der Waals surface area contributed by atoms with Crippen molar-refractivity contribution in [3.8, 4) is 0 Å². The van der Waals surface area contributed by atoms with Crippen molar-refractivity contribution >= 4 is 23.4 Å². The van der Waals surface area contributed by atoms with Crippen molar-refractivity contribution in [2.45, 2.75) is 43.0 Å². The smallest absolute Gasteiger partial charge is 0.0541 e. The van der Waals surface area contributed by atoms with E-state index >= 15 is 0 Å². The van der Waals surface area contributed by atoms with Crippen molar-refractivity contribution in [1.82, 2.24) is 0 Å². The Bertz CT molecular complexity index is 417. The van der Waals surface area contributed by atoms with Crippen LogP contribution < -0.4 is 5.73 Å². The highest BCUT2D eigenvalue weighted by Crippen LogP contribution is 2.29. The molecule has 0 bridgehead atoms. The molecule has 0 saturated carbocycles. The van der Waals surface area contributed by atoms with E-state index in [1.807, 2.05) is 18.2 Å². The number of hydrogen-bond donors (Lipinski definition) is 1. The zero-order valence-electron chi connectivity index (χ0n) is 10.6. The molecule has 0 radical (unpaired) electrons. The van der Waals surface area contributed by atoms with Crippen LogP contribution in [0.25, 0.3) is 0 Å². The number of thioether (sulfide) groups is 1. The van der Waals surface area contributed by atoms with E-state index < -0.39 is 0 Å². The third-order valence-electron chi connectivity index (χ3n) is 3.31. The van der Waals surface area contributed by atoms with E-state index in [2.05, 4.69) is 12.1 Å². The second-order valence-electron chi connectivity index (χ2n) is 4.73. The Morgan fingerprint density at radius 1 is 1.22 bits per heavy atom. The van der Waals surface area contributed by atoms with Crippen LogP contribution in [0, 0.1) is 0 Å². The number of hydrogen-bond acceptors (Lipinski definition) is 2. The van der Waals surface area contributed by atoms with Crippen LogP contribution in [0.2, 0.25) is 5.02 Å². The lowest BCUT2D eigenvalue weighted by atomic mass is 10.0. The fourth-order valence-electron chi connectivity index (χ4n) is 2.22. The van der Waals surface area contributed by atoms with Crippen LogP contribution in [0.3, 0.4) is 0 Å². The zero-order chi connectivity index (χ0) is 12.8. The summed E-state index contributed by atoms with van der Waals surface area (Å²) in [5.74, 6) is 0.912. The highest BCUT2D eigenvalue weighted by Gasteiger charge is 2.12. The second-order valence-corrected chi connectivity index (χ2v) is 6.20. The maximum absolute atomic E-state index is 6.28. The lowest BCUT2D eigenvalue weighted by Crippen LogP contribution is -2.25. The summed E-state index contributed by atoms with van der Waals surface area (Å²) in [6, 6.07) is 8.14. The number of allylic oxidation sites excluding steroid dienone is 1. The first kappa shape index (κ1) is 14.0. The quantitative estimate of drug-likeness (QED) is 0.642. The lowest BCUT2D eigenvalue weighted by Gasteiger charge is -2.15. The molecule has 1 atom stereocenters. The Morgan fingerprint density at radius 2 is 2.06 bits per heavy atom. The Morgan fingerprint density at radius 3 is 2.89 bits per heavy atom. The van der Waals surface area contributed by atoms with Crippen molar-refractivity contribution in [3.63, 3.8) is 0 Å². The van der Waals surface area contributed by atoms with Crippen LogP contribution in [-0.4, -0.2) is 11.8 Å². The van der Waals surface area contributed by atoms with Gasteiger partial charge in [-0.15, -0.1) is 11.8 Å². The zero-order valence-corrected chi connectivity index (χ0v) is 12.1. The van der Waals surface area contributed by atoms with E-state index in [0.29, 0.717) is 0 Å². The monoisotopic (exact) mass is 281 g/mol. The highest BCUT2D eigenvalue weighted by molar-refractivity contribution is 7.99. The summed E-state index contributed by atoms with van der Waals surface area (Å²) in [7, 11) is 0. The molecular weight excluding hydrogens is 262 g/mol. The Labute approximate surface area is 119 Å². The van der Waals surface area contributed by atoms with Crippen LogP contribution in [0.1, 0.15) is 32.1 Å². The van der Waals surface area contributed by atoms with Crippen molar-refractivity contribution in [3.05, 3.63) is 40.9 Å². The minimum atomic E-state index is 0.171. The predicted molar refractivity (Wildman–Crippen MR) is 81.3 cm³/mol. The average Bonchev–Trinajstić information content (AvgIpc) is 2.66. The first-order valence-corrected chi connectivity index (χ1v) is 7.95. The number of nitrogens with two attached hydrogens (primary N) is 1. The van der Waals surface area contributed by atoms with Gasteiger partial charge in [0, 0.05) is 16.7 Å². The van der Waals surface area contributed by atoms with Crippen LogP contribution in [0.15, 0.2) is 40.8 Å². The van der Waals surface area contributed by atoms with E-state index in [9.17, 15) is 0 Å². The van der Waals surface area contributed by atoms with Crippen molar-refractivity contribution < 1.29 is 0 Å². The molecule has 1 aliphatic rings. The maximum atomic E-state index is 6.28. The fraction of sp³-hybridized carbons (Fsp3) is 0.467. The Hall–Kier alpha value is -0.440. The SMILES string of the molecule is NC(CSc1ccccc1Cl)C1=CCCCCC1. The summed E-state index contributed by atoms with van der Waals surface area (Å²) in [6.07, 6.45) is 8.66. The van der Waals surface area contributed by atoms with Gasteiger partial charge in [-0.25, -0.2) is 0 Å². The molecule has 0 saturated heterocycles. The molecule has 1 aliphatic carbocycles. The third kappa shape index (κ3) is 4.04. The van der Waals surface area contributed by atoms with Crippen LogP contribution in [0.5, 0.6) is 0 Å². The molecule has 0 amide bonds. The topological polar surface area (TPSA) is 26.0 Å². The molecule has 2 N–H and O–H groups in total. The largest absolute Gasteiger partial charge is 0.324 e. The molecule has 0 heterocycles. The molecule has 98 valence electrons.